The molecule has 4 nitrogen and oxygen atoms in total. The lowest BCUT2D eigenvalue weighted by molar-refractivity contribution is -0.148. The predicted octanol–water partition coefficient (Wildman–Crippen LogP) is 0.0292. The molecule has 0 aliphatic carbocycles. The van der Waals surface area contributed by atoms with E-state index in [4.69, 9.17) is 4.74 Å². The molecule has 0 saturated carbocycles. The molecule has 0 aromatic carbocycles. The van der Waals surface area contributed by atoms with Crippen LogP contribution in [-0.4, -0.2) is 55.1 Å². The van der Waals surface area contributed by atoms with Gasteiger partial charge in [-0.3, -0.25) is 9.69 Å². The van der Waals surface area contributed by atoms with Crippen molar-refractivity contribution in [2.45, 2.75) is 13.8 Å². The molecule has 1 aliphatic rings. The number of ether oxygens (including phenoxy) is 2. The highest BCUT2D eigenvalue weighted by atomic mass is 16.5. The number of esters is 1. The van der Waals surface area contributed by atoms with Crippen LogP contribution in [0.1, 0.15) is 13.8 Å². The van der Waals surface area contributed by atoms with Gasteiger partial charge in [-0.25, -0.2) is 0 Å². The number of morpholine rings is 1. The van der Waals surface area contributed by atoms with Gasteiger partial charge in [0.25, 0.3) is 0 Å². The third-order valence-electron chi connectivity index (χ3n) is 2.27. The van der Waals surface area contributed by atoms with Crippen LogP contribution >= 0.6 is 0 Å². The van der Waals surface area contributed by atoms with Gasteiger partial charge in [0.05, 0.1) is 19.0 Å². The predicted molar refractivity (Wildman–Crippen MR) is 54.2 cm³/mol. The van der Waals surface area contributed by atoms with Gasteiger partial charge in [0, 0.05) is 6.54 Å². The van der Waals surface area contributed by atoms with Crippen LogP contribution in [0.15, 0.2) is 0 Å². The van der Waals surface area contributed by atoms with Gasteiger partial charge in [0.2, 0.25) is 0 Å². The molecule has 4 heteroatoms. The van der Waals surface area contributed by atoms with Crippen molar-refractivity contribution in [1.29, 1.82) is 0 Å². The van der Waals surface area contributed by atoms with Gasteiger partial charge in [-0.2, -0.15) is 0 Å². The summed E-state index contributed by atoms with van der Waals surface area (Å²) in [5, 5.41) is 0. The first-order valence-corrected chi connectivity index (χ1v) is 5.22. The van der Waals surface area contributed by atoms with E-state index in [1.807, 2.05) is 13.8 Å². The second kappa shape index (κ2) is 5.98. The summed E-state index contributed by atoms with van der Waals surface area (Å²) in [7, 11) is 0. The van der Waals surface area contributed by atoms with E-state index in [0.29, 0.717) is 6.61 Å². The summed E-state index contributed by atoms with van der Waals surface area (Å²) < 4.78 is 9.34. The molecule has 0 atom stereocenters. The molecule has 1 rings (SSSR count). The highest BCUT2D eigenvalue weighted by molar-refractivity contribution is 5.71. The molecule has 14 heavy (non-hydrogen) atoms. The summed E-state index contributed by atoms with van der Waals surface area (Å²) >= 11 is 0. The first kappa shape index (κ1) is 11.5. The Morgan fingerprint density at radius 3 is 2.64 bits per heavy atom. The fourth-order valence-electron chi connectivity index (χ4n) is 1.31. The van der Waals surface area contributed by atoms with Gasteiger partial charge in [0.15, 0.2) is 13.2 Å². The summed E-state index contributed by atoms with van der Waals surface area (Å²) in [6.07, 6.45) is 0. The second-order valence-electron chi connectivity index (χ2n) is 3.83. The average Bonchev–Trinajstić information content (AvgIpc) is 2.19. The number of carbonyl (C=O) groups is 1. The van der Waals surface area contributed by atoms with E-state index in [9.17, 15) is 4.79 Å². The van der Waals surface area contributed by atoms with Crippen LogP contribution in [0, 0.1) is 5.92 Å². The van der Waals surface area contributed by atoms with Crippen molar-refractivity contribution < 1.29 is 14.3 Å². The summed E-state index contributed by atoms with van der Waals surface area (Å²) in [5.74, 6) is -0.127. The largest absolute Gasteiger partial charge is 0.464 e. The third kappa shape index (κ3) is 4.07. The van der Waals surface area contributed by atoms with Crippen molar-refractivity contribution in [2.75, 3.05) is 39.5 Å². The molecule has 1 heterocycles. The molecular weight excluding hydrogens is 182 g/mol. The molecule has 0 aromatic heterocycles. The number of hydrogen-bond donors (Lipinski definition) is 0. The van der Waals surface area contributed by atoms with Gasteiger partial charge >= 0.3 is 5.97 Å². The average molecular weight is 202 g/mol. The van der Waals surface area contributed by atoms with E-state index in [1.165, 1.54) is 0 Å². The standard InChI is InChI=1S/C10H19NO3/c1-9(2)10(12)14-8-5-11-3-6-13-7-4-11/h9H,3-8H2,1-2H3/p+1. The Morgan fingerprint density at radius 1 is 1.43 bits per heavy atom. The molecule has 1 fully saturated rings. The maximum absolute atomic E-state index is 11.1. The molecule has 0 radical (unpaired) electrons. The fraction of sp³-hybridized carbons (Fsp3) is 0.900. The van der Waals surface area contributed by atoms with Crippen molar-refractivity contribution in [3.8, 4) is 0 Å². The molecular formula is C10H20NO3+. The maximum atomic E-state index is 11.1. The minimum Gasteiger partial charge on any atom is -0.464 e. The van der Waals surface area contributed by atoms with Crippen LogP contribution in [0.25, 0.3) is 0 Å². The summed E-state index contributed by atoms with van der Waals surface area (Å²) in [6, 6.07) is 0. The molecule has 82 valence electrons. The Labute approximate surface area is 85.2 Å². The first-order chi connectivity index (χ1) is 6.70. The van der Waals surface area contributed by atoms with Crippen LogP contribution in [0.4, 0.5) is 0 Å². The Morgan fingerprint density at radius 2 is 2.07 bits per heavy atom. The minimum atomic E-state index is -0.105. The topological polar surface area (TPSA) is 42.3 Å². The fourth-order valence-corrected chi connectivity index (χ4v) is 1.31. The maximum Gasteiger partial charge on any atom is 0.308 e. The number of nitrogens with zero attached hydrogens (tertiary/aromatic N) is 1. The number of aliphatic hydroxyl groups is 2. The molecule has 0 amide bonds. The molecule has 0 bridgehead atoms. The Bertz CT molecular complexity index is 176. The molecule has 0 aromatic rings. The van der Waals surface area contributed by atoms with Crippen LogP contribution in [0.3, 0.4) is 0 Å². The van der Waals surface area contributed by atoms with Gasteiger partial charge in [0.1, 0.15) is 6.61 Å². The van der Waals surface area contributed by atoms with Crippen molar-refractivity contribution in [3.05, 3.63) is 0 Å². The van der Waals surface area contributed by atoms with Gasteiger partial charge in [-0.1, -0.05) is 13.8 Å². The van der Waals surface area contributed by atoms with Crippen LogP contribution in [0.2, 0.25) is 0 Å². The lowest BCUT2D eigenvalue weighted by Crippen LogP contribution is -2.40. The first-order valence-electron chi connectivity index (χ1n) is 5.22. The highest BCUT2D eigenvalue weighted by Crippen LogP contribution is 1.98. The zero-order chi connectivity index (χ0) is 10.4. The van der Waals surface area contributed by atoms with Gasteiger partial charge in [-0.15, -0.1) is 0 Å². The summed E-state index contributed by atoms with van der Waals surface area (Å²) in [4.78, 5) is 13.4. The second-order valence-corrected chi connectivity index (χ2v) is 3.83. The van der Waals surface area contributed by atoms with E-state index >= 15 is 0 Å². The lowest BCUT2D eigenvalue weighted by atomic mass is 10.2. The van der Waals surface area contributed by atoms with Gasteiger partial charge < -0.3 is 9.47 Å². The van der Waals surface area contributed by atoms with Gasteiger partial charge in [-0.05, 0) is 0 Å². The normalized spacial score (nSPS) is 18.5. The van der Waals surface area contributed by atoms with E-state index in [1.54, 1.807) is 0 Å². The minimum absolute atomic E-state index is 0.0219. The number of rotatable bonds is 4. The quantitative estimate of drug-likeness (QED) is 0.477. The van der Waals surface area contributed by atoms with Crippen LogP contribution < -0.4 is 0 Å². The molecule has 1 N–H and O–H groups in total. The van der Waals surface area contributed by atoms with Crippen molar-refractivity contribution in [1.82, 2.24) is 4.90 Å². The lowest BCUT2D eigenvalue weighted by Gasteiger charge is -2.23. The van der Waals surface area contributed by atoms with Crippen LogP contribution in [-0.2, 0) is 9.53 Å². The SMILES string of the molecule is CC(C)C(=O)OCCN1CC[OH+]CC1. The van der Waals surface area contributed by atoms with Crippen molar-refractivity contribution in [3.63, 3.8) is 0 Å². The van der Waals surface area contributed by atoms with E-state index < -0.39 is 0 Å². The van der Waals surface area contributed by atoms with E-state index in [0.717, 1.165) is 32.8 Å². The Balaban J connectivity index is 2.05. The van der Waals surface area contributed by atoms with Crippen LogP contribution in [0.5, 0.6) is 0 Å². The Hall–Kier alpha value is -0.610. The third-order valence-corrected chi connectivity index (χ3v) is 2.27. The van der Waals surface area contributed by atoms with E-state index in [2.05, 4.69) is 9.64 Å². The summed E-state index contributed by atoms with van der Waals surface area (Å²) in [5.41, 5.74) is 0. The molecule has 0 unspecified atom stereocenters. The number of carbonyl (C=O) groups excluding carboxylic acids is 1. The van der Waals surface area contributed by atoms with Crippen molar-refractivity contribution in [2.24, 2.45) is 5.92 Å². The zero-order valence-electron chi connectivity index (χ0n) is 9.03. The smallest absolute Gasteiger partial charge is 0.308 e. The molecule has 1 aliphatic heterocycles. The zero-order valence-corrected chi connectivity index (χ0v) is 9.03. The highest BCUT2D eigenvalue weighted by Gasteiger charge is 2.14. The molecule has 0 spiro atoms. The summed E-state index contributed by atoms with van der Waals surface area (Å²) in [6.45, 7) is 8.88. The molecule has 1 saturated heterocycles. The Kier molecular flexibility index (Phi) is 4.90. The van der Waals surface area contributed by atoms with Crippen molar-refractivity contribution >= 4 is 5.97 Å². The monoisotopic (exact) mass is 202 g/mol. The number of hydrogen-bond acceptors (Lipinski definition) is 3. The van der Waals surface area contributed by atoms with E-state index in [-0.39, 0.29) is 11.9 Å².